The van der Waals surface area contributed by atoms with Crippen molar-refractivity contribution < 1.29 is 4.79 Å². The maximum Gasteiger partial charge on any atom is 0.236 e. The van der Waals surface area contributed by atoms with Crippen molar-refractivity contribution in [2.24, 2.45) is 0 Å². The third kappa shape index (κ3) is 3.54. The minimum absolute atomic E-state index is 0.0577. The topological polar surface area (TPSA) is 54.9 Å². The normalized spacial score (nSPS) is 10.3. The fourth-order valence-electron chi connectivity index (χ4n) is 1.39. The van der Waals surface area contributed by atoms with Crippen molar-refractivity contribution in [3.05, 3.63) is 34.8 Å². The number of amides is 1. The van der Waals surface area contributed by atoms with Crippen LogP contribution in [0.2, 0.25) is 0 Å². The molecule has 1 heterocycles. The molecular formula is C12H13N3OS2. The third-order valence-corrected chi connectivity index (χ3v) is 4.07. The maximum absolute atomic E-state index is 11.7. The second-order valence-electron chi connectivity index (χ2n) is 3.85. The Morgan fingerprint density at radius 3 is 3.00 bits per heavy atom. The van der Waals surface area contributed by atoms with Crippen molar-refractivity contribution in [1.29, 1.82) is 0 Å². The molecule has 1 aromatic heterocycles. The molecule has 1 N–H and O–H groups in total. The highest BCUT2D eigenvalue weighted by Crippen LogP contribution is 2.23. The van der Waals surface area contributed by atoms with E-state index in [4.69, 9.17) is 0 Å². The van der Waals surface area contributed by atoms with Crippen LogP contribution in [0, 0.1) is 13.8 Å². The molecule has 18 heavy (non-hydrogen) atoms. The van der Waals surface area contributed by atoms with E-state index in [9.17, 15) is 4.79 Å². The van der Waals surface area contributed by atoms with Gasteiger partial charge in [-0.05, 0) is 25.5 Å². The molecule has 2 aromatic rings. The molecule has 0 unspecified atom stereocenters. The lowest BCUT2D eigenvalue weighted by atomic mass is 10.2. The smallest absolute Gasteiger partial charge is 0.236 e. The van der Waals surface area contributed by atoms with Crippen LogP contribution in [-0.2, 0) is 4.79 Å². The number of rotatable bonds is 4. The molecule has 0 spiro atoms. The van der Waals surface area contributed by atoms with Crippen molar-refractivity contribution in [1.82, 2.24) is 10.2 Å². The number of nitrogens with zero attached hydrogens (tertiary/aromatic N) is 2. The highest BCUT2D eigenvalue weighted by Gasteiger charge is 2.07. The molecule has 0 radical (unpaired) electrons. The lowest BCUT2D eigenvalue weighted by molar-refractivity contribution is -0.113. The number of benzene rings is 1. The quantitative estimate of drug-likeness (QED) is 0.874. The molecule has 0 saturated heterocycles. The van der Waals surface area contributed by atoms with Crippen LogP contribution >= 0.6 is 23.1 Å². The van der Waals surface area contributed by atoms with E-state index >= 15 is 0 Å². The molecule has 4 nitrogen and oxygen atoms in total. The van der Waals surface area contributed by atoms with Crippen molar-refractivity contribution >= 4 is 34.1 Å². The highest BCUT2D eigenvalue weighted by atomic mass is 32.2. The number of aromatic nitrogens is 2. The van der Waals surface area contributed by atoms with E-state index in [0.717, 1.165) is 4.90 Å². The Balaban J connectivity index is 1.91. The van der Waals surface area contributed by atoms with Crippen molar-refractivity contribution in [2.45, 2.75) is 18.7 Å². The van der Waals surface area contributed by atoms with Crippen LogP contribution in [-0.4, -0.2) is 21.9 Å². The summed E-state index contributed by atoms with van der Waals surface area (Å²) in [6.45, 7) is 4.09. The summed E-state index contributed by atoms with van der Waals surface area (Å²) in [5.41, 5.74) is 3.98. The largest absolute Gasteiger partial charge is 0.300 e. The number of carbonyl (C=O) groups is 1. The van der Waals surface area contributed by atoms with E-state index in [-0.39, 0.29) is 5.91 Å². The standard InChI is InChI=1S/C12H13N3OS2/c1-8-3-4-9(2)10(5-8)17-6-11(16)14-12-15-13-7-18-12/h3-5,7H,6H2,1-2H3,(H,14,15,16). The molecular weight excluding hydrogens is 266 g/mol. The summed E-state index contributed by atoms with van der Waals surface area (Å²) < 4.78 is 0. The summed E-state index contributed by atoms with van der Waals surface area (Å²) in [6, 6.07) is 6.24. The summed E-state index contributed by atoms with van der Waals surface area (Å²) in [7, 11) is 0. The zero-order valence-electron chi connectivity index (χ0n) is 10.1. The Bertz CT molecular complexity index is 540. The van der Waals surface area contributed by atoms with Gasteiger partial charge in [-0.25, -0.2) is 0 Å². The number of hydrogen-bond acceptors (Lipinski definition) is 5. The fourth-order valence-corrected chi connectivity index (χ4v) is 2.77. The van der Waals surface area contributed by atoms with Gasteiger partial charge in [0.25, 0.3) is 0 Å². The molecule has 6 heteroatoms. The monoisotopic (exact) mass is 279 g/mol. The molecule has 0 aliphatic heterocycles. The Hall–Kier alpha value is -1.40. The number of thioether (sulfide) groups is 1. The molecule has 94 valence electrons. The lowest BCUT2D eigenvalue weighted by Gasteiger charge is -2.06. The summed E-state index contributed by atoms with van der Waals surface area (Å²) in [5, 5.41) is 10.7. The predicted molar refractivity (Wildman–Crippen MR) is 75.2 cm³/mol. The van der Waals surface area contributed by atoms with Crippen molar-refractivity contribution in [2.75, 3.05) is 11.1 Å². The van der Waals surface area contributed by atoms with Crippen LogP contribution < -0.4 is 5.32 Å². The van der Waals surface area contributed by atoms with E-state index in [0.29, 0.717) is 10.9 Å². The number of carbonyl (C=O) groups excluding carboxylic acids is 1. The predicted octanol–water partition coefficient (Wildman–Crippen LogP) is 2.89. The van der Waals surface area contributed by atoms with Crippen LogP contribution in [0.4, 0.5) is 5.13 Å². The number of nitrogens with one attached hydrogen (secondary N) is 1. The molecule has 0 bridgehead atoms. The molecule has 0 fully saturated rings. The first-order chi connectivity index (χ1) is 8.65. The average Bonchev–Trinajstić information content (AvgIpc) is 2.83. The molecule has 1 amide bonds. The van der Waals surface area contributed by atoms with Gasteiger partial charge in [0.05, 0.1) is 5.75 Å². The first-order valence-electron chi connectivity index (χ1n) is 5.41. The number of hydrogen-bond donors (Lipinski definition) is 1. The van der Waals surface area contributed by atoms with E-state index in [1.165, 1.54) is 34.2 Å². The Morgan fingerprint density at radius 2 is 2.28 bits per heavy atom. The van der Waals surface area contributed by atoms with Gasteiger partial charge in [0.2, 0.25) is 11.0 Å². The van der Waals surface area contributed by atoms with Crippen LogP contribution in [0.25, 0.3) is 0 Å². The average molecular weight is 279 g/mol. The number of aryl methyl sites for hydroxylation is 2. The van der Waals surface area contributed by atoms with Gasteiger partial charge in [0.15, 0.2) is 0 Å². The maximum atomic E-state index is 11.7. The van der Waals surface area contributed by atoms with E-state index in [1.54, 1.807) is 5.51 Å². The molecule has 0 aliphatic carbocycles. The van der Waals surface area contributed by atoms with Gasteiger partial charge in [-0.15, -0.1) is 22.0 Å². The Labute approximate surface area is 114 Å². The minimum atomic E-state index is -0.0577. The van der Waals surface area contributed by atoms with Crippen molar-refractivity contribution in [3.8, 4) is 0 Å². The summed E-state index contributed by atoms with van der Waals surface area (Å²) in [5.74, 6) is 0.321. The van der Waals surface area contributed by atoms with Gasteiger partial charge in [-0.3, -0.25) is 10.1 Å². The third-order valence-electron chi connectivity index (χ3n) is 2.31. The lowest BCUT2D eigenvalue weighted by Crippen LogP contribution is -2.13. The minimum Gasteiger partial charge on any atom is -0.300 e. The Morgan fingerprint density at radius 1 is 1.44 bits per heavy atom. The van der Waals surface area contributed by atoms with Crippen LogP contribution in [0.3, 0.4) is 0 Å². The second kappa shape index (κ2) is 5.97. The summed E-state index contributed by atoms with van der Waals surface area (Å²) >= 11 is 2.85. The SMILES string of the molecule is Cc1ccc(C)c(SCC(=O)Nc2nncs2)c1. The van der Waals surface area contributed by atoms with Gasteiger partial charge in [0.1, 0.15) is 5.51 Å². The molecule has 2 rings (SSSR count). The van der Waals surface area contributed by atoms with Crippen LogP contribution in [0.15, 0.2) is 28.6 Å². The molecule has 0 aliphatic rings. The zero-order chi connectivity index (χ0) is 13.0. The van der Waals surface area contributed by atoms with Gasteiger partial charge < -0.3 is 0 Å². The second-order valence-corrected chi connectivity index (χ2v) is 5.70. The summed E-state index contributed by atoms with van der Waals surface area (Å²) in [6.07, 6.45) is 0. The van der Waals surface area contributed by atoms with Gasteiger partial charge in [0, 0.05) is 4.90 Å². The van der Waals surface area contributed by atoms with E-state index in [1.807, 2.05) is 13.8 Å². The fraction of sp³-hybridized carbons (Fsp3) is 0.250. The van der Waals surface area contributed by atoms with E-state index in [2.05, 4.69) is 33.7 Å². The van der Waals surface area contributed by atoms with Crippen molar-refractivity contribution in [3.63, 3.8) is 0 Å². The first-order valence-corrected chi connectivity index (χ1v) is 7.28. The Kier molecular flexibility index (Phi) is 4.33. The van der Waals surface area contributed by atoms with Crippen LogP contribution in [0.1, 0.15) is 11.1 Å². The summed E-state index contributed by atoms with van der Waals surface area (Å²) in [4.78, 5) is 12.8. The van der Waals surface area contributed by atoms with Gasteiger partial charge in [-0.1, -0.05) is 29.0 Å². The molecule has 0 saturated carbocycles. The molecule has 0 atom stereocenters. The molecule has 1 aromatic carbocycles. The first kappa shape index (κ1) is 13.0. The van der Waals surface area contributed by atoms with Gasteiger partial charge in [-0.2, -0.15) is 0 Å². The zero-order valence-corrected chi connectivity index (χ0v) is 11.8. The highest BCUT2D eigenvalue weighted by molar-refractivity contribution is 8.00. The van der Waals surface area contributed by atoms with Crippen LogP contribution in [0.5, 0.6) is 0 Å². The number of anilines is 1. The van der Waals surface area contributed by atoms with E-state index < -0.39 is 0 Å². The van der Waals surface area contributed by atoms with Gasteiger partial charge >= 0.3 is 0 Å².